The summed E-state index contributed by atoms with van der Waals surface area (Å²) in [6.07, 6.45) is 8.10. The normalized spacial score (nSPS) is 16.9. The first-order chi connectivity index (χ1) is 14.1. The van der Waals surface area contributed by atoms with Crippen LogP contribution in [0, 0.1) is 12.3 Å². The van der Waals surface area contributed by atoms with E-state index in [0.29, 0.717) is 23.0 Å². The second-order valence-corrected chi connectivity index (χ2v) is 7.45. The molecule has 0 bridgehead atoms. The molecule has 0 aliphatic carbocycles. The van der Waals surface area contributed by atoms with Gasteiger partial charge in [0.2, 0.25) is 0 Å². The maximum atomic E-state index is 12.4. The lowest BCUT2D eigenvalue weighted by Gasteiger charge is -2.13. The average Bonchev–Trinajstić information content (AvgIpc) is 3.07. The molecule has 1 heterocycles. The van der Waals surface area contributed by atoms with E-state index in [1.165, 1.54) is 17.3 Å². The summed E-state index contributed by atoms with van der Waals surface area (Å²) in [6, 6.07) is 13.7. The molecule has 0 spiro atoms. The highest BCUT2D eigenvalue weighted by Crippen LogP contribution is 2.33. The molecule has 1 aliphatic rings. The summed E-state index contributed by atoms with van der Waals surface area (Å²) in [5.74, 6) is 3.53. The largest absolute Gasteiger partial charge is 0.490 e. The van der Waals surface area contributed by atoms with E-state index in [1.54, 1.807) is 6.07 Å². The van der Waals surface area contributed by atoms with Gasteiger partial charge in [0, 0.05) is 5.69 Å². The van der Waals surface area contributed by atoms with Crippen LogP contribution in [0.5, 0.6) is 11.5 Å². The zero-order chi connectivity index (χ0) is 20.6. The number of anilines is 1. The number of benzene rings is 2. The molecule has 3 rings (SSSR count). The van der Waals surface area contributed by atoms with Gasteiger partial charge in [-0.15, -0.1) is 6.42 Å². The third-order valence-electron chi connectivity index (χ3n) is 4.27. The summed E-state index contributed by atoms with van der Waals surface area (Å²) in [5, 5.41) is 6.28. The lowest BCUT2D eigenvalue weighted by Crippen LogP contribution is -2.30. The van der Waals surface area contributed by atoms with Crippen LogP contribution in [-0.4, -0.2) is 24.6 Å². The van der Waals surface area contributed by atoms with Crippen molar-refractivity contribution in [1.29, 1.82) is 0 Å². The summed E-state index contributed by atoms with van der Waals surface area (Å²) >= 11 is 1.45. The fraction of sp³-hybridized carbons (Fsp3) is 0.261. The van der Waals surface area contributed by atoms with Gasteiger partial charge in [0.25, 0.3) is 5.91 Å². The first-order valence-corrected chi connectivity index (χ1v) is 10.4. The second-order valence-electron chi connectivity index (χ2n) is 6.31. The molecule has 2 aromatic carbocycles. The Labute approximate surface area is 175 Å². The molecule has 1 atom stereocenters. The van der Waals surface area contributed by atoms with Crippen molar-refractivity contribution in [2.75, 3.05) is 18.5 Å². The van der Waals surface area contributed by atoms with Crippen LogP contribution in [0.15, 0.2) is 47.4 Å². The number of hydrogen-bond acceptors (Lipinski definition) is 5. The molecule has 1 fully saturated rings. The zero-order valence-corrected chi connectivity index (χ0v) is 17.3. The first-order valence-electron chi connectivity index (χ1n) is 9.50. The molecule has 2 aromatic rings. The first kappa shape index (κ1) is 20.7. The maximum Gasteiger partial charge on any atom is 0.260 e. The fourth-order valence-electron chi connectivity index (χ4n) is 2.83. The maximum absolute atomic E-state index is 12.4. The van der Waals surface area contributed by atoms with Gasteiger partial charge in [0.15, 0.2) is 17.0 Å². The molecule has 5 nitrogen and oxygen atoms in total. The van der Waals surface area contributed by atoms with E-state index >= 15 is 0 Å². The van der Waals surface area contributed by atoms with E-state index in [1.807, 2.05) is 37.3 Å². The smallest absolute Gasteiger partial charge is 0.260 e. The number of thioether (sulfide) groups is 1. The minimum Gasteiger partial charge on any atom is -0.490 e. The highest BCUT2D eigenvalue weighted by atomic mass is 32.2. The van der Waals surface area contributed by atoms with Gasteiger partial charge in [0.1, 0.15) is 6.61 Å². The Morgan fingerprint density at radius 2 is 1.97 bits per heavy atom. The average molecular weight is 409 g/mol. The van der Waals surface area contributed by atoms with Gasteiger partial charge in [-0.05, 0) is 54.8 Å². The molecule has 1 amide bonds. The van der Waals surface area contributed by atoms with Gasteiger partial charge in [0.05, 0.1) is 11.5 Å². The summed E-state index contributed by atoms with van der Waals surface area (Å²) in [4.78, 5) is 13.0. The molecule has 1 aliphatic heterocycles. The van der Waals surface area contributed by atoms with Crippen LogP contribution in [0.2, 0.25) is 0 Å². The van der Waals surface area contributed by atoms with Crippen LogP contribution in [-0.2, 0) is 11.2 Å². The highest BCUT2D eigenvalue weighted by Gasteiger charge is 2.27. The van der Waals surface area contributed by atoms with Crippen molar-refractivity contribution in [3.05, 3.63) is 58.5 Å². The van der Waals surface area contributed by atoms with Gasteiger partial charge in [-0.2, -0.15) is 0 Å². The predicted molar refractivity (Wildman–Crippen MR) is 119 cm³/mol. The van der Waals surface area contributed by atoms with Gasteiger partial charge in [-0.3, -0.25) is 4.79 Å². The molecule has 0 aromatic heterocycles. The van der Waals surface area contributed by atoms with E-state index in [9.17, 15) is 4.79 Å². The number of ether oxygens (including phenoxy) is 2. The van der Waals surface area contributed by atoms with E-state index in [2.05, 4.69) is 35.6 Å². The number of terminal acetylenes is 1. The van der Waals surface area contributed by atoms with Crippen LogP contribution < -0.4 is 20.1 Å². The van der Waals surface area contributed by atoms with Crippen LogP contribution in [0.4, 0.5) is 5.69 Å². The van der Waals surface area contributed by atoms with E-state index in [4.69, 9.17) is 15.9 Å². The number of nitrogens with one attached hydrogen (secondary N) is 2. The summed E-state index contributed by atoms with van der Waals surface area (Å²) in [6.45, 7) is 4.70. The van der Waals surface area contributed by atoms with Crippen molar-refractivity contribution in [2.24, 2.45) is 0 Å². The summed E-state index contributed by atoms with van der Waals surface area (Å²) in [7, 11) is 0. The van der Waals surface area contributed by atoms with Crippen LogP contribution in [0.25, 0.3) is 6.08 Å². The van der Waals surface area contributed by atoms with E-state index < -0.39 is 0 Å². The minimum atomic E-state index is -0.217. The van der Waals surface area contributed by atoms with Gasteiger partial charge >= 0.3 is 0 Å². The molecule has 2 N–H and O–H groups in total. The van der Waals surface area contributed by atoms with Crippen LogP contribution in [0.3, 0.4) is 0 Å². The molecule has 0 radical (unpaired) electrons. The minimum absolute atomic E-state index is 0.108. The second kappa shape index (κ2) is 9.94. The SMILES string of the molecule is C#CCOc1ccc(/C=C2\S[C@H](Nc3ccc(CC)cc3)NC2=O)cc1OCC. The molecule has 150 valence electrons. The fourth-order valence-corrected chi connectivity index (χ4v) is 3.81. The number of carbonyl (C=O) groups excluding carboxylic acids is 1. The van der Waals surface area contributed by atoms with E-state index in [0.717, 1.165) is 17.7 Å². The topological polar surface area (TPSA) is 59.6 Å². The van der Waals surface area contributed by atoms with Crippen molar-refractivity contribution >= 4 is 29.4 Å². The Kier molecular flexibility index (Phi) is 7.09. The number of carbonyl (C=O) groups is 1. The molecule has 29 heavy (non-hydrogen) atoms. The van der Waals surface area contributed by atoms with Gasteiger partial charge in [-0.25, -0.2) is 0 Å². The van der Waals surface area contributed by atoms with Crippen molar-refractivity contribution < 1.29 is 14.3 Å². The van der Waals surface area contributed by atoms with Crippen molar-refractivity contribution in [3.63, 3.8) is 0 Å². The van der Waals surface area contributed by atoms with Crippen molar-refractivity contribution in [1.82, 2.24) is 5.32 Å². The van der Waals surface area contributed by atoms with Crippen molar-refractivity contribution in [3.8, 4) is 23.8 Å². The number of amides is 1. The molecule has 1 saturated heterocycles. The standard InChI is InChI=1S/C23H24N2O3S/c1-4-13-28-19-12-9-17(14-20(19)27-6-3)15-21-22(26)25-23(29-21)24-18-10-7-16(5-2)8-11-18/h1,7-12,14-15,23-24H,5-6,13H2,2-3H3,(H,25,26)/b21-15-/t23-/m1/s1. The summed E-state index contributed by atoms with van der Waals surface area (Å²) in [5.41, 5.74) is 2.88. The monoisotopic (exact) mass is 408 g/mol. The van der Waals surface area contributed by atoms with Crippen LogP contribution in [0.1, 0.15) is 25.0 Å². The molecule has 0 unspecified atom stereocenters. The van der Waals surface area contributed by atoms with Crippen LogP contribution >= 0.6 is 11.8 Å². The Balaban J connectivity index is 1.71. The lowest BCUT2D eigenvalue weighted by atomic mass is 10.1. The zero-order valence-electron chi connectivity index (χ0n) is 16.5. The quantitative estimate of drug-likeness (QED) is 0.505. The molecule has 6 heteroatoms. The molecular weight excluding hydrogens is 384 g/mol. The Morgan fingerprint density at radius 1 is 1.17 bits per heavy atom. The van der Waals surface area contributed by atoms with E-state index in [-0.39, 0.29) is 18.0 Å². The van der Waals surface area contributed by atoms with Gasteiger partial charge < -0.3 is 20.1 Å². The molecule has 0 saturated carbocycles. The number of aryl methyl sites for hydroxylation is 1. The van der Waals surface area contributed by atoms with Gasteiger partial charge in [-0.1, -0.05) is 42.8 Å². The Bertz CT molecular complexity index is 932. The third kappa shape index (κ3) is 5.49. The third-order valence-corrected chi connectivity index (χ3v) is 5.30. The van der Waals surface area contributed by atoms with Crippen molar-refractivity contribution in [2.45, 2.75) is 25.8 Å². The Hall–Kier alpha value is -3.04. The number of hydrogen-bond donors (Lipinski definition) is 2. The Morgan fingerprint density at radius 3 is 2.66 bits per heavy atom. The lowest BCUT2D eigenvalue weighted by molar-refractivity contribution is -0.116. The summed E-state index contributed by atoms with van der Waals surface area (Å²) < 4.78 is 11.2. The predicted octanol–water partition coefficient (Wildman–Crippen LogP) is 4.26. The highest BCUT2D eigenvalue weighted by molar-refractivity contribution is 8.05. The molecular formula is C23H24N2O3S. The number of rotatable bonds is 8.